The monoisotopic (exact) mass is 505 g/mol. The lowest BCUT2D eigenvalue weighted by atomic mass is 9.99. The van der Waals surface area contributed by atoms with Gasteiger partial charge in [-0.05, 0) is 66.8 Å². The molecule has 0 amide bonds. The quantitative estimate of drug-likeness (QED) is 0.376. The number of fused-ring (bicyclic) bond motifs is 3. The molecule has 1 saturated carbocycles. The Labute approximate surface area is 212 Å². The summed E-state index contributed by atoms with van der Waals surface area (Å²) in [5.74, 6) is 0.683. The van der Waals surface area contributed by atoms with Gasteiger partial charge in [0, 0.05) is 46.7 Å². The summed E-state index contributed by atoms with van der Waals surface area (Å²) in [7, 11) is -0.964. The number of rotatable bonds is 8. The van der Waals surface area contributed by atoms with Crippen molar-refractivity contribution in [3.8, 4) is 16.9 Å². The number of morpholine rings is 1. The zero-order chi connectivity index (χ0) is 24.6. The molecule has 4 aromatic rings. The summed E-state index contributed by atoms with van der Waals surface area (Å²) >= 11 is 0. The number of nitrogens with one attached hydrogen (secondary N) is 1. The van der Waals surface area contributed by atoms with Crippen LogP contribution in [-0.2, 0) is 15.5 Å². The van der Waals surface area contributed by atoms with E-state index in [1.54, 1.807) is 0 Å². The molecule has 0 bridgehead atoms. The number of aliphatic hydroxyl groups is 1. The molecule has 0 spiro atoms. The maximum atomic E-state index is 12.8. The van der Waals surface area contributed by atoms with Crippen molar-refractivity contribution in [3.05, 3.63) is 54.2 Å². The second kappa shape index (κ2) is 9.94. The summed E-state index contributed by atoms with van der Waals surface area (Å²) in [6.07, 6.45) is 3.33. The first-order valence-corrected chi connectivity index (χ1v) is 13.8. The topological polar surface area (TPSA) is 87.7 Å². The molecular formula is C28H31N3O4S. The van der Waals surface area contributed by atoms with Gasteiger partial charge in [0.25, 0.3) is 0 Å². The van der Waals surface area contributed by atoms with Crippen molar-refractivity contribution in [2.24, 2.45) is 0 Å². The van der Waals surface area contributed by atoms with Crippen molar-refractivity contribution in [1.29, 1.82) is 0 Å². The molecule has 188 valence electrons. The lowest BCUT2D eigenvalue weighted by molar-refractivity contribution is 0.00478. The van der Waals surface area contributed by atoms with Gasteiger partial charge in [-0.3, -0.25) is 9.11 Å². The Hall–Kier alpha value is -2.78. The highest BCUT2D eigenvalue weighted by atomic mass is 32.2. The van der Waals surface area contributed by atoms with Crippen LogP contribution < -0.4 is 4.74 Å². The van der Waals surface area contributed by atoms with Crippen LogP contribution in [-0.4, -0.2) is 75.0 Å². The minimum absolute atomic E-state index is 0.198. The van der Waals surface area contributed by atoms with Gasteiger partial charge in [-0.1, -0.05) is 12.1 Å². The summed E-state index contributed by atoms with van der Waals surface area (Å²) in [6.45, 7) is 5.85. The van der Waals surface area contributed by atoms with E-state index in [9.17, 15) is 9.32 Å². The second-order valence-electron chi connectivity index (χ2n) is 9.80. The summed E-state index contributed by atoms with van der Waals surface area (Å²) in [5, 5.41) is 13.0. The Bertz CT molecular complexity index is 1430. The highest BCUT2D eigenvalue weighted by Gasteiger charge is 2.29. The third kappa shape index (κ3) is 4.78. The number of ether oxygens (including phenoxy) is 2. The molecule has 6 rings (SSSR count). The van der Waals surface area contributed by atoms with Gasteiger partial charge in [-0.15, -0.1) is 0 Å². The van der Waals surface area contributed by atoms with Gasteiger partial charge >= 0.3 is 0 Å². The molecule has 2 N–H and O–H groups in total. The van der Waals surface area contributed by atoms with Gasteiger partial charge < -0.3 is 19.6 Å². The first kappa shape index (κ1) is 23.6. The molecule has 2 aromatic carbocycles. The van der Waals surface area contributed by atoms with Crippen molar-refractivity contribution in [2.45, 2.75) is 36.0 Å². The lowest BCUT2D eigenvalue weighted by Gasteiger charge is -2.28. The van der Waals surface area contributed by atoms with Crippen molar-refractivity contribution >= 4 is 32.7 Å². The van der Waals surface area contributed by atoms with Crippen molar-refractivity contribution in [2.75, 3.05) is 39.5 Å². The van der Waals surface area contributed by atoms with Crippen LogP contribution in [0.5, 0.6) is 5.75 Å². The van der Waals surface area contributed by atoms with Gasteiger partial charge in [-0.25, -0.2) is 4.98 Å². The van der Waals surface area contributed by atoms with E-state index in [1.165, 1.54) is 0 Å². The van der Waals surface area contributed by atoms with E-state index in [2.05, 4.69) is 39.1 Å². The minimum Gasteiger partial charge on any atom is -0.489 e. The zero-order valence-electron chi connectivity index (χ0n) is 20.4. The number of hydrogen-bond donors (Lipinski definition) is 2. The standard InChI is InChI=1S/C28H31N3O4S/c1-18-13-24-26-23(19-3-2-4-22(14-19)36(33)21-5-6-21)7-8-25(27(26)30-28(24)29-15-18)35-17-20(32)16-31-9-11-34-12-10-31/h2-4,7-8,13-15,20-21,32H,5-6,9-12,16-17H2,1H3,(H,29,30). The molecule has 2 aromatic heterocycles. The number of nitrogens with zero attached hydrogens (tertiary/aromatic N) is 2. The summed E-state index contributed by atoms with van der Waals surface area (Å²) in [6, 6.07) is 14.2. The number of aromatic amines is 1. The molecule has 1 aliphatic heterocycles. The molecule has 2 atom stereocenters. The Morgan fingerprint density at radius 3 is 2.86 bits per heavy atom. The van der Waals surface area contributed by atoms with E-state index in [0.29, 0.717) is 30.8 Å². The summed E-state index contributed by atoms with van der Waals surface area (Å²) in [5.41, 5.74) is 4.78. The number of pyridine rings is 1. The van der Waals surface area contributed by atoms with Crippen molar-refractivity contribution in [3.63, 3.8) is 0 Å². The van der Waals surface area contributed by atoms with Crippen molar-refractivity contribution in [1.82, 2.24) is 14.9 Å². The summed E-state index contributed by atoms with van der Waals surface area (Å²) in [4.78, 5) is 11.1. The fourth-order valence-electron chi connectivity index (χ4n) is 4.91. The normalized spacial score (nSPS) is 18.5. The summed E-state index contributed by atoms with van der Waals surface area (Å²) < 4.78 is 24.4. The average molecular weight is 506 g/mol. The van der Waals surface area contributed by atoms with Crippen LogP contribution >= 0.6 is 0 Å². The first-order chi connectivity index (χ1) is 17.6. The third-order valence-corrected chi connectivity index (χ3v) is 8.71. The van der Waals surface area contributed by atoms with Crippen molar-refractivity contribution < 1.29 is 18.8 Å². The van der Waals surface area contributed by atoms with Gasteiger partial charge in [0.15, 0.2) is 0 Å². The van der Waals surface area contributed by atoms with Gasteiger partial charge in [0.1, 0.15) is 24.1 Å². The van der Waals surface area contributed by atoms with Crippen LogP contribution in [0.1, 0.15) is 18.4 Å². The average Bonchev–Trinajstić information content (AvgIpc) is 3.68. The van der Waals surface area contributed by atoms with Gasteiger partial charge in [-0.2, -0.15) is 0 Å². The van der Waals surface area contributed by atoms with Crippen LogP contribution in [0.4, 0.5) is 0 Å². The van der Waals surface area contributed by atoms with Crippen LogP contribution in [0.15, 0.2) is 53.6 Å². The van der Waals surface area contributed by atoms with Gasteiger partial charge in [0.05, 0.1) is 29.5 Å². The van der Waals surface area contributed by atoms with Crippen LogP contribution in [0.3, 0.4) is 0 Å². The zero-order valence-corrected chi connectivity index (χ0v) is 21.2. The van der Waals surface area contributed by atoms with Crippen LogP contribution in [0, 0.1) is 6.92 Å². The Morgan fingerprint density at radius 1 is 1.22 bits per heavy atom. The Balaban J connectivity index is 1.35. The number of β-amino-alcohol motifs (C(OH)–C–C–N with tert-alkyl or cyclic N) is 1. The van der Waals surface area contributed by atoms with Crippen LogP contribution in [0.25, 0.3) is 33.1 Å². The second-order valence-corrected chi connectivity index (χ2v) is 11.5. The van der Waals surface area contributed by atoms with Crippen LogP contribution in [0.2, 0.25) is 0 Å². The van der Waals surface area contributed by atoms with E-state index in [0.717, 1.165) is 69.5 Å². The molecule has 7 nitrogen and oxygen atoms in total. The highest BCUT2D eigenvalue weighted by molar-refractivity contribution is 7.86. The fourth-order valence-corrected chi connectivity index (χ4v) is 6.31. The van der Waals surface area contributed by atoms with E-state index in [1.807, 2.05) is 31.3 Å². The van der Waals surface area contributed by atoms with E-state index in [4.69, 9.17) is 9.47 Å². The van der Waals surface area contributed by atoms with E-state index < -0.39 is 16.9 Å². The largest absolute Gasteiger partial charge is 0.489 e. The SMILES string of the molecule is Cc1cnc2[nH]c3c(OCC(O)CN4CCOCC4)ccc(-c4cccc(S(=O)C5CC5)c4)c3c2c1. The lowest BCUT2D eigenvalue weighted by Crippen LogP contribution is -2.42. The Kier molecular flexibility index (Phi) is 6.52. The maximum absolute atomic E-state index is 12.8. The predicted octanol–water partition coefficient (Wildman–Crippen LogP) is 4.03. The molecule has 8 heteroatoms. The molecular weight excluding hydrogens is 474 g/mol. The molecule has 2 fully saturated rings. The highest BCUT2D eigenvalue weighted by Crippen LogP contribution is 2.40. The fraction of sp³-hybridized carbons (Fsp3) is 0.393. The molecule has 2 unspecified atom stereocenters. The molecule has 1 aliphatic carbocycles. The van der Waals surface area contributed by atoms with Gasteiger partial charge in [0.2, 0.25) is 0 Å². The molecule has 0 radical (unpaired) electrons. The minimum atomic E-state index is -0.964. The number of H-pyrrole nitrogens is 1. The molecule has 3 heterocycles. The number of aromatic nitrogens is 2. The molecule has 36 heavy (non-hydrogen) atoms. The number of benzene rings is 2. The molecule has 2 aliphatic rings. The maximum Gasteiger partial charge on any atom is 0.143 e. The number of hydrogen-bond acceptors (Lipinski definition) is 6. The Morgan fingerprint density at radius 2 is 2.06 bits per heavy atom. The predicted molar refractivity (Wildman–Crippen MR) is 142 cm³/mol. The third-order valence-electron chi connectivity index (χ3n) is 6.91. The van der Waals surface area contributed by atoms with E-state index in [-0.39, 0.29) is 6.61 Å². The molecule has 1 saturated heterocycles. The number of aliphatic hydroxyl groups excluding tert-OH is 1. The van der Waals surface area contributed by atoms with E-state index >= 15 is 0 Å². The first-order valence-electron chi connectivity index (χ1n) is 12.6. The smallest absolute Gasteiger partial charge is 0.143 e. The number of aryl methyl sites for hydroxylation is 1.